The molecule has 0 bridgehead atoms. The van der Waals surface area contributed by atoms with E-state index in [-0.39, 0.29) is 28.9 Å². The van der Waals surface area contributed by atoms with Crippen molar-refractivity contribution in [3.8, 4) is 17.6 Å². The van der Waals surface area contributed by atoms with Crippen LogP contribution in [-0.2, 0) is 10.2 Å². The van der Waals surface area contributed by atoms with Gasteiger partial charge in [-0.2, -0.15) is 5.26 Å². The van der Waals surface area contributed by atoms with Crippen molar-refractivity contribution in [3.63, 3.8) is 0 Å². The fourth-order valence-corrected chi connectivity index (χ4v) is 5.51. The number of nitrogens with two attached hydrogens (primary N) is 1. The van der Waals surface area contributed by atoms with Crippen LogP contribution in [0.1, 0.15) is 48.6 Å². The van der Waals surface area contributed by atoms with E-state index in [9.17, 15) is 15.2 Å². The number of allylic oxidation sites excluding steroid dienone is 1. The number of nitriles is 1. The number of benzene rings is 2. The zero-order chi connectivity index (χ0) is 22.5. The van der Waals surface area contributed by atoms with Crippen LogP contribution in [0.5, 0.6) is 11.5 Å². The lowest BCUT2D eigenvalue weighted by Crippen LogP contribution is -2.53. The van der Waals surface area contributed by atoms with Crippen molar-refractivity contribution >= 4 is 17.2 Å². The number of carbonyl (C=O) groups is 1. The highest BCUT2D eigenvalue weighted by Gasteiger charge is 2.63. The zero-order valence-corrected chi connectivity index (χ0v) is 18.1. The second-order valence-corrected chi connectivity index (χ2v) is 9.09. The van der Waals surface area contributed by atoms with E-state index in [4.69, 9.17) is 10.5 Å². The van der Waals surface area contributed by atoms with E-state index < -0.39 is 11.0 Å². The van der Waals surface area contributed by atoms with E-state index in [2.05, 4.69) is 18.2 Å². The highest BCUT2D eigenvalue weighted by Crippen LogP contribution is 2.61. The van der Waals surface area contributed by atoms with Crippen LogP contribution in [0.4, 0.5) is 5.69 Å². The van der Waals surface area contributed by atoms with Crippen LogP contribution in [-0.4, -0.2) is 16.6 Å². The van der Waals surface area contributed by atoms with E-state index in [0.29, 0.717) is 5.56 Å². The second-order valence-electron chi connectivity index (χ2n) is 9.09. The number of hydrogen-bond donors (Lipinski definition) is 2. The number of anilines is 1. The first-order chi connectivity index (χ1) is 14.6. The number of phenols is 1. The summed E-state index contributed by atoms with van der Waals surface area (Å²) in [5.74, 6) is -0.0813. The number of fused-ring (bicyclic) bond motifs is 3. The Bertz CT molecular complexity index is 1330. The van der Waals surface area contributed by atoms with Gasteiger partial charge in [-0.05, 0) is 69.5 Å². The third kappa shape index (κ3) is 2.08. The molecule has 2 aromatic rings. The molecule has 1 amide bonds. The SMILES string of the molecule is CC1=CC(C)(C)N2C(=O)[C@@]3(C(C#N)=C(N)Oc4cc(O)ccc43)c3c(C)c(C)cc1c32. The quantitative estimate of drug-likeness (QED) is 0.682. The molecule has 5 rings (SSSR count). The molecule has 1 atom stereocenters. The van der Waals surface area contributed by atoms with Crippen LogP contribution < -0.4 is 15.4 Å². The Hall–Kier alpha value is -3.72. The van der Waals surface area contributed by atoms with Crippen molar-refractivity contribution < 1.29 is 14.6 Å². The number of aromatic hydroxyl groups is 1. The molecule has 6 nitrogen and oxygen atoms in total. The minimum Gasteiger partial charge on any atom is -0.508 e. The average Bonchev–Trinajstić information content (AvgIpc) is 2.94. The van der Waals surface area contributed by atoms with Crippen molar-refractivity contribution in [2.75, 3.05) is 4.90 Å². The summed E-state index contributed by atoms with van der Waals surface area (Å²) in [6.45, 7) is 10.0. The van der Waals surface area contributed by atoms with Crippen LogP contribution in [0.15, 0.2) is 41.8 Å². The van der Waals surface area contributed by atoms with Crippen LogP contribution in [0.25, 0.3) is 5.57 Å². The Morgan fingerprint density at radius 2 is 1.90 bits per heavy atom. The number of phenolic OH excluding ortho intramolecular Hbond substituents is 1. The van der Waals surface area contributed by atoms with Crippen molar-refractivity contribution in [2.24, 2.45) is 5.73 Å². The Morgan fingerprint density at radius 1 is 1.19 bits per heavy atom. The molecule has 31 heavy (non-hydrogen) atoms. The number of amides is 1. The van der Waals surface area contributed by atoms with Gasteiger partial charge in [0, 0.05) is 22.8 Å². The van der Waals surface area contributed by atoms with Crippen LogP contribution in [0.2, 0.25) is 0 Å². The van der Waals surface area contributed by atoms with Gasteiger partial charge in [-0.25, -0.2) is 0 Å². The van der Waals surface area contributed by atoms with E-state index in [0.717, 1.165) is 33.5 Å². The molecule has 3 N–H and O–H groups in total. The van der Waals surface area contributed by atoms with Gasteiger partial charge in [0.2, 0.25) is 11.8 Å². The summed E-state index contributed by atoms with van der Waals surface area (Å²) in [6.07, 6.45) is 2.08. The van der Waals surface area contributed by atoms with Crippen molar-refractivity contribution in [1.82, 2.24) is 0 Å². The summed E-state index contributed by atoms with van der Waals surface area (Å²) in [6, 6.07) is 8.90. The molecule has 3 aliphatic heterocycles. The molecule has 0 fully saturated rings. The fraction of sp³-hybridized carbons (Fsp3) is 0.280. The van der Waals surface area contributed by atoms with E-state index in [1.807, 2.05) is 34.6 Å². The number of ether oxygens (including phenoxy) is 1. The van der Waals surface area contributed by atoms with Gasteiger partial charge in [-0.15, -0.1) is 0 Å². The lowest BCUT2D eigenvalue weighted by atomic mass is 9.67. The van der Waals surface area contributed by atoms with Gasteiger partial charge in [0.15, 0.2) is 0 Å². The van der Waals surface area contributed by atoms with E-state index in [1.54, 1.807) is 11.0 Å². The Kier molecular flexibility index (Phi) is 3.54. The van der Waals surface area contributed by atoms with Gasteiger partial charge in [0.1, 0.15) is 28.6 Å². The molecule has 0 unspecified atom stereocenters. The predicted molar refractivity (Wildman–Crippen MR) is 117 cm³/mol. The van der Waals surface area contributed by atoms with E-state index >= 15 is 0 Å². The van der Waals surface area contributed by atoms with Gasteiger partial charge < -0.3 is 20.5 Å². The fourth-order valence-electron chi connectivity index (χ4n) is 5.51. The standard InChI is InChI=1S/C25H23N3O3/c1-12-8-16-13(2)10-24(4,5)28-21(16)20(14(12)3)25(23(28)30)17-7-6-15(29)9-19(17)31-22(27)18(25)11-26/h6-10,29H,27H2,1-5H3/t25-/m0/s1. The Morgan fingerprint density at radius 3 is 2.58 bits per heavy atom. The molecule has 156 valence electrons. The van der Waals surface area contributed by atoms with Gasteiger partial charge in [0.05, 0.1) is 11.2 Å². The monoisotopic (exact) mass is 413 g/mol. The number of aryl methyl sites for hydroxylation is 1. The molecule has 6 heteroatoms. The molecule has 2 aromatic carbocycles. The zero-order valence-electron chi connectivity index (χ0n) is 18.1. The average molecular weight is 413 g/mol. The maximum Gasteiger partial charge on any atom is 0.248 e. The lowest BCUT2D eigenvalue weighted by Gasteiger charge is -2.40. The van der Waals surface area contributed by atoms with Crippen LogP contribution in [0.3, 0.4) is 0 Å². The maximum absolute atomic E-state index is 14.4. The highest BCUT2D eigenvalue weighted by molar-refractivity contribution is 6.18. The van der Waals surface area contributed by atoms with Gasteiger partial charge in [-0.3, -0.25) is 4.79 Å². The van der Waals surface area contributed by atoms with Crippen molar-refractivity contribution in [2.45, 2.75) is 45.6 Å². The van der Waals surface area contributed by atoms with Gasteiger partial charge in [0.25, 0.3) is 0 Å². The Balaban J connectivity index is 2.03. The molecular weight excluding hydrogens is 390 g/mol. The number of nitrogens with zero attached hydrogens (tertiary/aromatic N) is 2. The second kappa shape index (κ2) is 5.70. The molecule has 0 saturated heterocycles. The van der Waals surface area contributed by atoms with Crippen molar-refractivity contribution in [1.29, 1.82) is 5.26 Å². The smallest absolute Gasteiger partial charge is 0.248 e. The number of carbonyl (C=O) groups excluding carboxylic acids is 1. The molecule has 3 aliphatic rings. The summed E-state index contributed by atoms with van der Waals surface area (Å²) in [7, 11) is 0. The lowest BCUT2D eigenvalue weighted by molar-refractivity contribution is -0.121. The molecule has 0 aliphatic carbocycles. The molecule has 0 aromatic heterocycles. The summed E-state index contributed by atoms with van der Waals surface area (Å²) in [4.78, 5) is 16.2. The van der Waals surface area contributed by atoms with Crippen LogP contribution in [0, 0.1) is 25.2 Å². The maximum atomic E-state index is 14.4. The number of rotatable bonds is 0. The molecular formula is C25H23N3O3. The van der Waals surface area contributed by atoms with Gasteiger partial charge in [-0.1, -0.05) is 6.08 Å². The normalized spacial score (nSPS) is 22.6. The predicted octanol–water partition coefficient (Wildman–Crippen LogP) is 3.92. The van der Waals surface area contributed by atoms with Crippen LogP contribution >= 0.6 is 0 Å². The number of hydrogen-bond acceptors (Lipinski definition) is 5. The summed E-state index contributed by atoms with van der Waals surface area (Å²) in [5.41, 5.74) is 10.4. The third-order valence-corrected chi connectivity index (χ3v) is 6.83. The first-order valence-electron chi connectivity index (χ1n) is 10.2. The third-order valence-electron chi connectivity index (χ3n) is 6.83. The highest BCUT2D eigenvalue weighted by atomic mass is 16.5. The van der Waals surface area contributed by atoms with E-state index in [1.165, 1.54) is 12.1 Å². The molecule has 0 saturated carbocycles. The minimum atomic E-state index is -1.43. The molecule has 1 spiro atoms. The Labute approximate surface area is 180 Å². The van der Waals surface area contributed by atoms with Gasteiger partial charge >= 0.3 is 0 Å². The molecule has 3 heterocycles. The summed E-state index contributed by atoms with van der Waals surface area (Å²) < 4.78 is 5.72. The van der Waals surface area contributed by atoms with Crippen molar-refractivity contribution in [3.05, 3.63) is 69.6 Å². The summed E-state index contributed by atoms with van der Waals surface area (Å²) in [5, 5.41) is 20.2. The first kappa shape index (κ1) is 19.3. The minimum absolute atomic E-state index is 0.00607. The first-order valence-corrected chi connectivity index (χ1v) is 10.2. The largest absolute Gasteiger partial charge is 0.508 e. The summed E-state index contributed by atoms with van der Waals surface area (Å²) >= 11 is 0. The topological polar surface area (TPSA) is 99.6 Å². The molecule has 0 radical (unpaired) electrons.